The van der Waals surface area contributed by atoms with Crippen LogP contribution in [0.1, 0.15) is 11.4 Å². The van der Waals surface area contributed by atoms with E-state index in [1.807, 2.05) is 29.9 Å². The molecule has 1 N–H and O–H groups in total. The number of benzene rings is 1. The molecule has 0 fully saturated rings. The summed E-state index contributed by atoms with van der Waals surface area (Å²) in [6, 6.07) is 8.32. The highest BCUT2D eigenvalue weighted by atomic mass is 32.2. The van der Waals surface area contributed by atoms with Gasteiger partial charge in [-0.1, -0.05) is 0 Å². The van der Waals surface area contributed by atoms with Gasteiger partial charge in [0, 0.05) is 40.8 Å². The maximum Gasteiger partial charge on any atom is 0.258 e. The minimum absolute atomic E-state index is 0.0953. The van der Waals surface area contributed by atoms with E-state index < -0.39 is 10.0 Å². The highest BCUT2D eigenvalue weighted by Crippen LogP contribution is 2.32. The summed E-state index contributed by atoms with van der Waals surface area (Å²) in [5.74, 6) is -0.428. The van der Waals surface area contributed by atoms with Crippen molar-refractivity contribution >= 4 is 38.2 Å². The van der Waals surface area contributed by atoms with Crippen molar-refractivity contribution in [2.75, 3.05) is 17.6 Å². The number of anilines is 1. The summed E-state index contributed by atoms with van der Waals surface area (Å²) in [4.78, 5) is 19.0. The van der Waals surface area contributed by atoms with Crippen LogP contribution in [0.2, 0.25) is 0 Å². The van der Waals surface area contributed by atoms with Gasteiger partial charge < -0.3 is 9.47 Å². The Morgan fingerprint density at radius 1 is 1.18 bits per heavy atom. The van der Waals surface area contributed by atoms with Crippen molar-refractivity contribution in [1.29, 1.82) is 0 Å². The van der Waals surface area contributed by atoms with Gasteiger partial charge in [-0.05, 0) is 56.3 Å². The number of carbonyl (C=O) groups excluding carboxylic acids is 1. The number of hydrogen-bond donors (Lipinski definition) is 1. The molecular weight excluding hydrogens is 477 g/mol. The second kappa shape index (κ2) is 8.33. The molecule has 34 heavy (non-hydrogen) atoms. The number of nitrogens with zero attached hydrogens (tertiary/aromatic N) is 4. The first-order chi connectivity index (χ1) is 16.2. The fraction of sp³-hybridized carbons (Fsp3) is 0.174. The Hall–Kier alpha value is -3.57. The summed E-state index contributed by atoms with van der Waals surface area (Å²) in [5.41, 5.74) is 4.82. The first kappa shape index (κ1) is 22.2. The summed E-state index contributed by atoms with van der Waals surface area (Å²) >= 11 is 1.31. The lowest BCUT2D eigenvalue weighted by atomic mass is 10.2. The topological polar surface area (TPSA) is 96.7 Å². The molecule has 0 atom stereocenters. The lowest BCUT2D eigenvalue weighted by Gasteiger charge is -2.26. The molecule has 2 aliphatic rings. The van der Waals surface area contributed by atoms with E-state index in [9.17, 15) is 17.6 Å². The van der Waals surface area contributed by atoms with Gasteiger partial charge in [0.2, 0.25) is 0 Å². The third-order valence-electron chi connectivity index (χ3n) is 5.60. The molecule has 1 amide bonds. The van der Waals surface area contributed by atoms with E-state index in [0.29, 0.717) is 16.5 Å². The van der Waals surface area contributed by atoms with Crippen LogP contribution in [0.15, 0.2) is 64.0 Å². The fourth-order valence-electron chi connectivity index (χ4n) is 3.97. The molecule has 2 aromatic heterocycles. The highest BCUT2D eigenvalue weighted by Gasteiger charge is 2.25. The summed E-state index contributed by atoms with van der Waals surface area (Å²) < 4.78 is 42.4. The van der Waals surface area contributed by atoms with E-state index in [2.05, 4.69) is 14.7 Å². The van der Waals surface area contributed by atoms with Crippen molar-refractivity contribution in [1.82, 2.24) is 14.5 Å². The van der Waals surface area contributed by atoms with Crippen LogP contribution in [0.4, 0.5) is 9.52 Å². The highest BCUT2D eigenvalue weighted by molar-refractivity contribution is 7.90. The number of carbonyl (C=O) groups is 1. The lowest BCUT2D eigenvalue weighted by Crippen LogP contribution is -2.37. The number of hydrogen-bond acceptors (Lipinski definition) is 6. The summed E-state index contributed by atoms with van der Waals surface area (Å²) in [7, 11) is -3.45. The number of amidine groups is 1. The maximum atomic E-state index is 13.3. The van der Waals surface area contributed by atoms with Crippen LogP contribution in [-0.4, -0.2) is 46.9 Å². The summed E-state index contributed by atoms with van der Waals surface area (Å²) in [5, 5.41) is 5.13. The zero-order valence-electron chi connectivity index (χ0n) is 18.3. The number of fused-ring (bicyclic) bond motifs is 1. The molecule has 1 aromatic carbocycles. The van der Waals surface area contributed by atoms with E-state index in [-0.39, 0.29) is 24.0 Å². The lowest BCUT2D eigenvalue weighted by molar-refractivity contribution is -0.112. The zero-order chi connectivity index (χ0) is 24.0. The van der Waals surface area contributed by atoms with Gasteiger partial charge in [-0.25, -0.2) is 17.8 Å². The van der Waals surface area contributed by atoms with E-state index in [1.165, 1.54) is 35.6 Å². The Balaban J connectivity index is 1.35. The van der Waals surface area contributed by atoms with Gasteiger partial charge >= 0.3 is 0 Å². The number of halogens is 1. The van der Waals surface area contributed by atoms with Crippen molar-refractivity contribution in [3.8, 4) is 16.9 Å². The van der Waals surface area contributed by atoms with E-state index in [1.54, 1.807) is 23.2 Å². The molecule has 8 nitrogen and oxygen atoms in total. The Kier molecular flexibility index (Phi) is 5.45. The van der Waals surface area contributed by atoms with Crippen molar-refractivity contribution in [2.45, 2.75) is 13.8 Å². The zero-order valence-corrected chi connectivity index (χ0v) is 20.0. The molecule has 5 rings (SSSR count). The van der Waals surface area contributed by atoms with Gasteiger partial charge in [0.25, 0.3) is 15.9 Å². The fourth-order valence-corrected chi connectivity index (χ4v) is 5.64. The Morgan fingerprint density at radius 2 is 1.94 bits per heavy atom. The quantitative estimate of drug-likeness (QED) is 0.592. The van der Waals surface area contributed by atoms with E-state index in [4.69, 9.17) is 0 Å². The van der Waals surface area contributed by atoms with Gasteiger partial charge in [0.05, 0.1) is 17.0 Å². The molecule has 0 unspecified atom stereocenters. The number of aryl methyl sites for hydroxylation is 1. The Bertz CT molecular complexity index is 1500. The number of sulfonamides is 1. The molecule has 0 saturated heterocycles. The van der Waals surface area contributed by atoms with Crippen LogP contribution in [0.25, 0.3) is 16.9 Å². The standard InChI is InChI=1S/C23H20FN5O3S2/c1-14-11-19(15(2)29(14)18-6-4-17(24)5-7-18)20-13-33-23(25-20)26-22(30)16-3-8-21-27-34(31,32)10-9-28(21)12-16/h3-8,11-13H,9-10H2,1-2H3,(H,25,26,30). The molecule has 174 valence electrons. The van der Waals surface area contributed by atoms with Crippen LogP contribution in [0, 0.1) is 19.7 Å². The average molecular weight is 498 g/mol. The van der Waals surface area contributed by atoms with Gasteiger partial charge in [-0.3, -0.25) is 10.1 Å². The number of aromatic nitrogens is 2. The van der Waals surface area contributed by atoms with Crippen LogP contribution in [0.5, 0.6) is 0 Å². The van der Waals surface area contributed by atoms with Crippen LogP contribution < -0.4 is 5.32 Å². The van der Waals surface area contributed by atoms with Crippen molar-refractivity contribution in [3.05, 3.63) is 76.8 Å². The average Bonchev–Trinajstić information content (AvgIpc) is 3.37. The second-order valence-corrected chi connectivity index (χ2v) is 10.5. The first-order valence-corrected chi connectivity index (χ1v) is 12.9. The van der Waals surface area contributed by atoms with Crippen LogP contribution in [-0.2, 0) is 14.8 Å². The third-order valence-corrected chi connectivity index (χ3v) is 7.52. The first-order valence-electron chi connectivity index (χ1n) is 10.4. The molecule has 0 saturated carbocycles. The van der Waals surface area contributed by atoms with E-state index >= 15 is 0 Å². The van der Waals surface area contributed by atoms with Crippen molar-refractivity contribution in [3.63, 3.8) is 0 Å². The smallest absolute Gasteiger partial charge is 0.258 e. The minimum Gasteiger partial charge on any atom is -0.330 e. The van der Waals surface area contributed by atoms with Crippen LogP contribution in [0.3, 0.4) is 0 Å². The van der Waals surface area contributed by atoms with Crippen molar-refractivity contribution in [2.24, 2.45) is 4.40 Å². The largest absolute Gasteiger partial charge is 0.330 e. The third kappa shape index (κ3) is 4.19. The Labute approximate surface area is 199 Å². The normalized spacial score (nSPS) is 16.6. The van der Waals surface area contributed by atoms with Gasteiger partial charge in [0.15, 0.2) is 5.13 Å². The van der Waals surface area contributed by atoms with E-state index in [0.717, 1.165) is 28.3 Å². The summed E-state index contributed by atoms with van der Waals surface area (Å²) in [6.07, 6.45) is 4.65. The maximum absolute atomic E-state index is 13.3. The molecular formula is C23H20FN5O3S2. The molecule has 0 radical (unpaired) electrons. The SMILES string of the molecule is Cc1cc(-c2csc(NC(=O)C3=CN4CCS(=O)(=O)N=C4C=C3)n2)c(C)n1-c1ccc(F)cc1. The predicted octanol–water partition coefficient (Wildman–Crippen LogP) is 3.79. The molecule has 2 aliphatic heterocycles. The number of nitrogens with one attached hydrogen (secondary N) is 1. The molecule has 3 aromatic rings. The van der Waals surface area contributed by atoms with Gasteiger partial charge in [0.1, 0.15) is 11.7 Å². The minimum atomic E-state index is -3.45. The van der Waals surface area contributed by atoms with Crippen molar-refractivity contribution < 1.29 is 17.6 Å². The predicted molar refractivity (Wildman–Crippen MR) is 130 cm³/mol. The monoisotopic (exact) mass is 497 g/mol. The molecule has 11 heteroatoms. The number of amides is 1. The number of rotatable bonds is 4. The molecule has 0 aliphatic carbocycles. The Morgan fingerprint density at radius 3 is 2.71 bits per heavy atom. The molecule has 0 bridgehead atoms. The summed E-state index contributed by atoms with van der Waals surface area (Å²) in [6.45, 7) is 4.19. The number of thiazole rings is 1. The second-order valence-electron chi connectivity index (χ2n) is 7.94. The molecule has 0 spiro atoms. The van der Waals surface area contributed by atoms with Gasteiger partial charge in [-0.2, -0.15) is 0 Å². The van der Waals surface area contributed by atoms with Gasteiger partial charge in [-0.15, -0.1) is 15.7 Å². The van der Waals surface area contributed by atoms with Crippen LogP contribution >= 0.6 is 11.3 Å². The molecule has 4 heterocycles.